The lowest BCUT2D eigenvalue weighted by Gasteiger charge is -2.33. The molecule has 3 aromatic rings. The lowest BCUT2D eigenvalue weighted by atomic mass is 10.0. The number of nitrogens with zero attached hydrogens (tertiary/aromatic N) is 5. The standard InChI is InChI=1S/C24H22Cl2N6O6/c1-4-38-23(35)31-20(27-21(33)14-9-11-15(12-10-14)32(36)37)16-13-29(24(2,3)19(16)28-31)22(34)30(26)18-8-6-5-7-17(18)25/h5-12H,4,13H2,1-3H3,(H,27,33). The molecule has 4 rings (SSSR count). The van der Waals surface area contributed by atoms with Gasteiger partial charge in [-0.15, -0.1) is 4.68 Å². The normalized spacial score (nSPS) is 13.6. The van der Waals surface area contributed by atoms with Crippen molar-refractivity contribution in [2.45, 2.75) is 32.9 Å². The molecule has 0 spiro atoms. The molecule has 0 aliphatic carbocycles. The van der Waals surface area contributed by atoms with Gasteiger partial charge < -0.3 is 15.0 Å². The zero-order valence-corrected chi connectivity index (χ0v) is 22.0. The highest BCUT2D eigenvalue weighted by Gasteiger charge is 2.47. The number of urea groups is 1. The maximum Gasteiger partial charge on any atom is 0.436 e. The number of aromatic nitrogens is 2. The van der Waals surface area contributed by atoms with Crippen molar-refractivity contribution in [1.82, 2.24) is 14.7 Å². The van der Waals surface area contributed by atoms with Gasteiger partial charge in [-0.25, -0.2) is 14.0 Å². The molecule has 1 aromatic heterocycles. The van der Waals surface area contributed by atoms with Crippen molar-refractivity contribution in [3.8, 4) is 0 Å². The molecule has 0 fully saturated rings. The van der Waals surface area contributed by atoms with Crippen molar-refractivity contribution in [3.63, 3.8) is 0 Å². The Balaban J connectivity index is 1.70. The van der Waals surface area contributed by atoms with Crippen LogP contribution in [0.1, 0.15) is 42.4 Å². The predicted molar refractivity (Wildman–Crippen MR) is 139 cm³/mol. The smallest absolute Gasteiger partial charge is 0.436 e. The summed E-state index contributed by atoms with van der Waals surface area (Å²) in [7, 11) is 0. The molecule has 1 aliphatic heterocycles. The van der Waals surface area contributed by atoms with Crippen molar-refractivity contribution in [1.29, 1.82) is 0 Å². The topological polar surface area (TPSA) is 140 Å². The molecule has 2 heterocycles. The Hall–Kier alpha value is -4.16. The number of rotatable bonds is 5. The number of amides is 3. The Morgan fingerprint density at radius 2 is 1.84 bits per heavy atom. The SMILES string of the molecule is CCOC(=O)n1nc2c(c1NC(=O)c1ccc([N+](=O)[O-])cc1)CN(C(=O)N(Cl)c1ccccc1Cl)C2(C)C. The average Bonchev–Trinajstić information content (AvgIpc) is 3.37. The van der Waals surface area contributed by atoms with Crippen LogP contribution in [0.4, 0.5) is 26.8 Å². The lowest BCUT2D eigenvalue weighted by molar-refractivity contribution is -0.384. The summed E-state index contributed by atoms with van der Waals surface area (Å²) >= 11 is 12.6. The number of carbonyl (C=O) groups excluding carboxylic acids is 3. The molecule has 2 aromatic carbocycles. The zero-order valence-electron chi connectivity index (χ0n) is 20.5. The summed E-state index contributed by atoms with van der Waals surface area (Å²) in [5.74, 6) is -0.644. The zero-order chi connectivity index (χ0) is 27.8. The van der Waals surface area contributed by atoms with Crippen LogP contribution >= 0.6 is 23.4 Å². The fraction of sp³-hybridized carbons (Fsp3) is 0.250. The number of nitro groups is 1. The third-order valence-electron chi connectivity index (χ3n) is 6.03. The van der Waals surface area contributed by atoms with E-state index in [9.17, 15) is 24.5 Å². The van der Waals surface area contributed by atoms with Gasteiger partial charge in [-0.2, -0.15) is 5.10 Å². The van der Waals surface area contributed by atoms with E-state index in [1.54, 1.807) is 45.0 Å². The van der Waals surface area contributed by atoms with Crippen LogP contribution in [0.3, 0.4) is 0 Å². The second kappa shape index (κ2) is 10.3. The van der Waals surface area contributed by atoms with Crippen LogP contribution in [0.15, 0.2) is 48.5 Å². The molecule has 38 heavy (non-hydrogen) atoms. The molecule has 1 aliphatic rings. The number of carbonyl (C=O) groups is 3. The van der Waals surface area contributed by atoms with Crippen molar-refractivity contribution in [3.05, 3.63) is 80.5 Å². The Kier molecular flexibility index (Phi) is 7.29. The maximum atomic E-state index is 13.4. The van der Waals surface area contributed by atoms with E-state index in [1.807, 2.05) is 0 Å². The molecule has 0 bridgehead atoms. The van der Waals surface area contributed by atoms with E-state index < -0.39 is 28.5 Å². The summed E-state index contributed by atoms with van der Waals surface area (Å²) in [6, 6.07) is 10.9. The average molecular weight is 561 g/mol. The van der Waals surface area contributed by atoms with Crippen LogP contribution in [-0.2, 0) is 16.8 Å². The van der Waals surface area contributed by atoms with Crippen LogP contribution in [0.2, 0.25) is 5.02 Å². The minimum Gasteiger partial charge on any atom is -0.448 e. The summed E-state index contributed by atoms with van der Waals surface area (Å²) in [6.07, 6.45) is -0.829. The minimum atomic E-state index is -1.05. The van der Waals surface area contributed by atoms with E-state index in [4.69, 9.17) is 28.1 Å². The number of non-ortho nitro benzene ring substituents is 1. The van der Waals surface area contributed by atoms with Gasteiger partial charge in [0.25, 0.3) is 11.6 Å². The van der Waals surface area contributed by atoms with Gasteiger partial charge in [0.1, 0.15) is 5.82 Å². The highest BCUT2D eigenvalue weighted by Crippen LogP contribution is 2.43. The lowest BCUT2D eigenvalue weighted by Crippen LogP contribution is -2.46. The van der Waals surface area contributed by atoms with E-state index in [0.29, 0.717) is 11.3 Å². The number of fused-ring (bicyclic) bond motifs is 1. The summed E-state index contributed by atoms with van der Waals surface area (Å²) in [5, 5.41) is 18.2. The second-order valence-corrected chi connectivity index (χ2v) is 9.45. The number of hydrogen-bond donors (Lipinski definition) is 1. The first-order valence-corrected chi connectivity index (χ1v) is 12.1. The fourth-order valence-corrected chi connectivity index (χ4v) is 4.56. The molecule has 0 unspecified atom stereocenters. The van der Waals surface area contributed by atoms with E-state index in [0.717, 1.165) is 9.10 Å². The Morgan fingerprint density at radius 3 is 2.45 bits per heavy atom. The van der Waals surface area contributed by atoms with Crippen molar-refractivity contribution in [2.24, 2.45) is 0 Å². The molecule has 3 amide bonds. The van der Waals surface area contributed by atoms with Crippen molar-refractivity contribution >= 4 is 58.6 Å². The van der Waals surface area contributed by atoms with Gasteiger partial charge in [0.2, 0.25) is 0 Å². The summed E-state index contributed by atoms with van der Waals surface area (Å²) in [4.78, 5) is 51.0. The van der Waals surface area contributed by atoms with E-state index in [2.05, 4.69) is 10.4 Å². The Morgan fingerprint density at radius 1 is 1.18 bits per heavy atom. The molecule has 0 saturated heterocycles. The minimum absolute atomic E-state index is 0.00374. The van der Waals surface area contributed by atoms with Crippen molar-refractivity contribution < 1.29 is 24.0 Å². The molecule has 0 saturated carbocycles. The van der Waals surface area contributed by atoms with E-state index in [1.165, 1.54) is 29.2 Å². The van der Waals surface area contributed by atoms with Crippen LogP contribution < -0.4 is 9.74 Å². The predicted octanol–water partition coefficient (Wildman–Crippen LogP) is 5.53. The second-order valence-electron chi connectivity index (χ2n) is 8.70. The van der Waals surface area contributed by atoms with Gasteiger partial charge in [0.15, 0.2) is 0 Å². The molecular weight excluding hydrogens is 539 g/mol. The number of hydrogen-bond acceptors (Lipinski definition) is 7. The largest absolute Gasteiger partial charge is 0.448 e. The summed E-state index contributed by atoms with van der Waals surface area (Å²) in [5.41, 5.74) is -0.0934. The molecule has 198 valence electrons. The fourth-order valence-electron chi connectivity index (χ4n) is 4.06. The monoisotopic (exact) mass is 560 g/mol. The number of ether oxygens (including phenoxy) is 1. The van der Waals surface area contributed by atoms with Gasteiger partial charge >= 0.3 is 12.1 Å². The first-order valence-electron chi connectivity index (χ1n) is 11.3. The number of halogens is 2. The summed E-state index contributed by atoms with van der Waals surface area (Å²) in [6.45, 7) is 5.07. The van der Waals surface area contributed by atoms with Crippen LogP contribution in [0, 0.1) is 10.1 Å². The first-order chi connectivity index (χ1) is 18.0. The van der Waals surface area contributed by atoms with Crippen molar-refractivity contribution in [2.75, 3.05) is 16.3 Å². The highest BCUT2D eigenvalue weighted by molar-refractivity contribution is 6.41. The molecule has 0 radical (unpaired) electrons. The van der Waals surface area contributed by atoms with Gasteiger partial charge in [-0.3, -0.25) is 14.9 Å². The number of benzene rings is 2. The third-order valence-corrected chi connectivity index (χ3v) is 6.68. The number of para-hydroxylation sites is 1. The third kappa shape index (κ3) is 4.75. The summed E-state index contributed by atoms with van der Waals surface area (Å²) < 4.78 is 6.91. The molecule has 14 heteroatoms. The highest BCUT2D eigenvalue weighted by atomic mass is 35.5. The Bertz CT molecular complexity index is 1440. The van der Waals surface area contributed by atoms with Gasteiger partial charge in [-0.1, -0.05) is 23.7 Å². The van der Waals surface area contributed by atoms with E-state index >= 15 is 0 Å². The van der Waals surface area contributed by atoms with Crippen LogP contribution in [-0.4, -0.2) is 44.2 Å². The van der Waals surface area contributed by atoms with Gasteiger partial charge in [0.05, 0.1) is 40.0 Å². The van der Waals surface area contributed by atoms with E-state index in [-0.39, 0.29) is 40.9 Å². The van der Waals surface area contributed by atoms with Crippen LogP contribution in [0.5, 0.6) is 0 Å². The number of nitrogens with one attached hydrogen (secondary N) is 1. The first kappa shape index (κ1) is 26.9. The molecule has 1 N–H and O–H groups in total. The van der Waals surface area contributed by atoms with Crippen LogP contribution in [0.25, 0.3) is 0 Å². The molecule has 0 atom stereocenters. The van der Waals surface area contributed by atoms with Gasteiger partial charge in [0, 0.05) is 35.0 Å². The molecular formula is C24H22Cl2N6O6. The quantitative estimate of drug-likeness (QED) is 0.245. The van der Waals surface area contributed by atoms with Gasteiger partial charge in [-0.05, 0) is 45.0 Å². The number of anilines is 2. The maximum absolute atomic E-state index is 13.4. The molecule has 12 nitrogen and oxygen atoms in total. The Labute approximate surface area is 226 Å². The number of nitro benzene ring substituents is 1.